The van der Waals surface area contributed by atoms with Gasteiger partial charge in [-0.1, -0.05) is 13.8 Å². The van der Waals surface area contributed by atoms with Crippen molar-refractivity contribution in [1.29, 1.82) is 0 Å². The van der Waals surface area contributed by atoms with Gasteiger partial charge in [-0.15, -0.1) is 5.10 Å². The van der Waals surface area contributed by atoms with Crippen molar-refractivity contribution in [2.45, 2.75) is 32.6 Å². The van der Waals surface area contributed by atoms with Crippen LogP contribution in [0.25, 0.3) is 0 Å². The lowest BCUT2D eigenvalue weighted by Gasteiger charge is -2.26. The number of aromatic nitrogens is 2. The summed E-state index contributed by atoms with van der Waals surface area (Å²) in [6.07, 6.45) is 1.27. The first kappa shape index (κ1) is 11.0. The van der Waals surface area contributed by atoms with E-state index in [0.717, 1.165) is 24.6 Å². The number of Topliss-reactive ketones (excluding diaryl/α,β-unsaturated/α-hetero) is 1. The Kier molecular flexibility index (Phi) is 3.17. The minimum atomic E-state index is 0.350. The smallest absolute Gasteiger partial charge is 0.151 e. The van der Waals surface area contributed by atoms with Gasteiger partial charge in [0.15, 0.2) is 5.82 Å². The maximum atomic E-state index is 11.1. The molecule has 0 N–H and O–H groups in total. The topological polar surface area (TPSA) is 46.1 Å². The Morgan fingerprint density at radius 1 is 1.19 bits per heavy atom. The van der Waals surface area contributed by atoms with Gasteiger partial charge in [0.25, 0.3) is 0 Å². The summed E-state index contributed by atoms with van der Waals surface area (Å²) < 4.78 is 0. The molecule has 1 aliphatic heterocycles. The molecule has 0 bridgehead atoms. The Balaban J connectivity index is 2.07. The van der Waals surface area contributed by atoms with Crippen LogP contribution in [0, 0.1) is 0 Å². The van der Waals surface area contributed by atoms with Crippen molar-refractivity contribution >= 4 is 11.6 Å². The summed E-state index contributed by atoms with van der Waals surface area (Å²) in [6, 6.07) is 4.02. The molecule has 2 heterocycles. The molecule has 1 saturated heterocycles. The molecule has 0 atom stereocenters. The molecule has 0 spiro atoms. The highest BCUT2D eigenvalue weighted by atomic mass is 16.1. The van der Waals surface area contributed by atoms with E-state index in [-0.39, 0.29) is 0 Å². The number of anilines is 1. The van der Waals surface area contributed by atoms with Crippen molar-refractivity contribution < 1.29 is 4.79 Å². The second-order valence-corrected chi connectivity index (χ2v) is 4.50. The summed E-state index contributed by atoms with van der Waals surface area (Å²) in [5, 5.41) is 8.41. The Morgan fingerprint density at radius 3 is 2.38 bits per heavy atom. The maximum absolute atomic E-state index is 11.1. The van der Waals surface area contributed by atoms with Gasteiger partial charge in [-0.3, -0.25) is 4.79 Å². The predicted octanol–water partition coefficient (Wildman–Crippen LogP) is 1.77. The van der Waals surface area contributed by atoms with Crippen molar-refractivity contribution in [2.75, 3.05) is 18.0 Å². The normalized spacial score (nSPS) is 16.9. The van der Waals surface area contributed by atoms with Gasteiger partial charge in [0.2, 0.25) is 0 Å². The van der Waals surface area contributed by atoms with Crippen LogP contribution in [0.15, 0.2) is 12.1 Å². The molecular formula is C12H17N3O. The van der Waals surface area contributed by atoms with E-state index in [4.69, 9.17) is 0 Å². The van der Waals surface area contributed by atoms with Crippen molar-refractivity contribution in [3.8, 4) is 0 Å². The Bertz CT molecular complexity index is 362. The quantitative estimate of drug-likeness (QED) is 0.760. The molecule has 0 aromatic carbocycles. The summed E-state index contributed by atoms with van der Waals surface area (Å²) in [6.45, 7) is 5.75. The molecule has 0 radical (unpaired) electrons. The molecule has 1 aliphatic rings. The van der Waals surface area contributed by atoms with Gasteiger partial charge in [-0.25, -0.2) is 0 Å². The Labute approximate surface area is 95.7 Å². The van der Waals surface area contributed by atoms with Gasteiger partial charge in [0.1, 0.15) is 5.78 Å². The molecule has 4 heteroatoms. The average molecular weight is 219 g/mol. The first-order valence-electron chi connectivity index (χ1n) is 5.77. The van der Waals surface area contributed by atoms with Crippen LogP contribution in [-0.4, -0.2) is 29.1 Å². The van der Waals surface area contributed by atoms with Crippen molar-refractivity contribution in [3.63, 3.8) is 0 Å². The SMILES string of the molecule is CC(C)c1ccc(N2CCC(=O)CC2)nn1. The second-order valence-electron chi connectivity index (χ2n) is 4.50. The molecule has 16 heavy (non-hydrogen) atoms. The maximum Gasteiger partial charge on any atom is 0.151 e. The number of carbonyl (C=O) groups is 1. The van der Waals surface area contributed by atoms with E-state index < -0.39 is 0 Å². The molecule has 4 nitrogen and oxygen atoms in total. The summed E-state index contributed by atoms with van der Waals surface area (Å²) in [4.78, 5) is 13.2. The van der Waals surface area contributed by atoms with Gasteiger partial charge in [-0.05, 0) is 18.1 Å². The molecule has 2 rings (SSSR count). The van der Waals surface area contributed by atoms with Crippen molar-refractivity contribution in [2.24, 2.45) is 0 Å². The Morgan fingerprint density at radius 2 is 1.88 bits per heavy atom. The highest BCUT2D eigenvalue weighted by Gasteiger charge is 2.17. The lowest BCUT2D eigenvalue weighted by atomic mass is 10.1. The lowest BCUT2D eigenvalue weighted by molar-refractivity contribution is -0.119. The summed E-state index contributed by atoms with van der Waals surface area (Å²) >= 11 is 0. The molecule has 0 saturated carbocycles. The molecule has 1 aromatic heterocycles. The van der Waals surface area contributed by atoms with Crippen LogP contribution in [0.3, 0.4) is 0 Å². The van der Waals surface area contributed by atoms with Crippen LogP contribution in [0.4, 0.5) is 5.82 Å². The number of nitrogens with zero attached hydrogens (tertiary/aromatic N) is 3. The third-order valence-electron chi connectivity index (χ3n) is 2.91. The predicted molar refractivity (Wildman–Crippen MR) is 62.6 cm³/mol. The van der Waals surface area contributed by atoms with Crippen molar-refractivity contribution in [1.82, 2.24) is 10.2 Å². The van der Waals surface area contributed by atoms with E-state index >= 15 is 0 Å². The minimum absolute atomic E-state index is 0.350. The number of piperidine rings is 1. The van der Waals surface area contributed by atoms with Crippen molar-refractivity contribution in [3.05, 3.63) is 17.8 Å². The highest BCUT2D eigenvalue weighted by molar-refractivity contribution is 5.80. The van der Waals surface area contributed by atoms with Crippen LogP contribution in [0.1, 0.15) is 38.3 Å². The molecule has 86 valence electrons. The fourth-order valence-corrected chi connectivity index (χ4v) is 1.80. The number of ketones is 1. The number of carbonyl (C=O) groups excluding carboxylic acids is 1. The zero-order chi connectivity index (χ0) is 11.5. The molecule has 0 unspecified atom stereocenters. The third-order valence-corrected chi connectivity index (χ3v) is 2.91. The Hall–Kier alpha value is -1.45. The second kappa shape index (κ2) is 4.60. The van der Waals surface area contributed by atoms with E-state index in [2.05, 4.69) is 28.9 Å². The van der Waals surface area contributed by atoms with Gasteiger partial charge < -0.3 is 4.90 Å². The van der Waals surface area contributed by atoms with Gasteiger partial charge in [-0.2, -0.15) is 5.10 Å². The van der Waals surface area contributed by atoms with E-state index in [0.29, 0.717) is 24.5 Å². The zero-order valence-electron chi connectivity index (χ0n) is 9.81. The van der Waals surface area contributed by atoms with Crippen LogP contribution in [0.5, 0.6) is 0 Å². The lowest BCUT2D eigenvalue weighted by Crippen LogP contribution is -2.34. The molecule has 0 amide bonds. The van der Waals surface area contributed by atoms with Gasteiger partial charge >= 0.3 is 0 Å². The third kappa shape index (κ3) is 2.38. The van der Waals surface area contributed by atoms with Gasteiger partial charge in [0, 0.05) is 25.9 Å². The molecule has 1 aromatic rings. The fourth-order valence-electron chi connectivity index (χ4n) is 1.80. The summed E-state index contributed by atoms with van der Waals surface area (Å²) in [5.74, 6) is 1.64. The van der Waals surface area contributed by atoms with Gasteiger partial charge in [0.05, 0.1) is 5.69 Å². The average Bonchev–Trinajstić information content (AvgIpc) is 2.30. The van der Waals surface area contributed by atoms with E-state index in [9.17, 15) is 4.79 Å². The molecule has 0 aliphatic carbocycles. The summed E-state index contributed by atoms with van der Waals surface area (Å²) in [7, 11) is 0. The largest absolute Gasteiger partial charge is 0.354 e. The van der Waals surface area contributed by atoms with Crippen LogP contribution < -0.4 is 4.90 Å². The van der Waals surface area contributed by atoms with Crippen LogP contribution >= 0.6 is 0 Å². The standard InChI is InChI=1S/C12H17N3O/c1-9(2)11-3-4-12(14-13-11)15-7-5-10(16)6-8-15/h3-4,9H,5-8H2,1-2H3. The minimum Gasteiger partial charge on any atom is -0.354 e. The number of rotatable bonds is 2. The zero-order valence-corrected chi connectivity index (χ0v) is 9.81. The van der Waals surface area contributed by atoms with E-state index in [1.165, 1.54) is 0 Å². The highest BCUT2D eigenvalue weighted by Crippen LogP contribution is 2.17. The van der Waals surface area contributed by atoms with E-state index in [1.807, 2.05) is 12.1 Å². The first-order chi connectivity index (χ1) is 7.66. The molecular weight excluding hydrogens is 202 g/mol. The summed E-state index contributed by atoms with van der Waals surface area (Å²) in [5.41, 5.74) is 1.01. The van der Waals surface area contributed by atoms with E-state index in [1.54, 1.807) is 0 Å². The number of hydrogen-bond acceptors (Lipinski definition) is 4. The first-order valence-corrected chi connectivity index (χ1v) is 5.77. The van der Waals surface area contributed by atoms with Crippen LogP contribution in [0.2, 0.25) is 0 Å². The monoisotopic (exact) mass is 219 g/mol. The van der Waals surface area contributed by atoms with Crippen LogP contribution in [-0.2, 0) is 4.79 Å². The fraction of sp³-hybridized carbons (Fsp3) is 0.583. The molecule has 1 fully saturated rings. The number of hydrogen-bond donors (Lipinski definition) is 0.